The van der Waals surface area contributed by atoms with E-state index in [0.717, 1.165) is 25.1 Å². The van der Waals surface area contributed by atoms with Crippen molar-refractivity contribution in [1.29, 1.82) is 0 Å². The van der Waals surface area contributed by atoms with E-state index in [2.05, 4.69) is 24.1 Å². The molecule has 110 valence electrons. The Morgan fingerprint density at radius 1 is 1.40 bits per heavy atom. The highest BCUT2D eigenvalue weighted by atomic mass is 16.3. The topological polar surface area (TPSA) is 52.6 Å². The number of anilines is 1. The van der Waals surface area contributed by atoms with E-state index >= 15 is 0 Å². The number of amides is 1. The zero-order chi connectivity index (χ0) is 14.5. The predicted molar refractivity (Wildman–Crippen MR) is 80.8 cm³/mol. The van der Waals surface area contributed by atoms with Crippen molar-refractivity contribution < 1.29 is 9.90 Å². The molecular weight excluding hydrogens is 252 g/mol. The van der Waals surface area contributed by atoms with Crippen LogP contribution in [-0.4, -0.2) is 41.7 Å². The molecule has 1 heterocycles. The summed E-state index contributed by atoms with van der Waals surface area (Å²) in [7, 11) is 0. The van der Waals surface area contributed by atoms with E-state index in [4.69, 9.17) is 0 Å². The number of carbonyl (C=O) groups is 1. The van der Waals surface area contributed by atoms with Crippen molar-refractivity contribution in [1.82, 2.24) is 4.90 Å². The van der Waals surface area contributed by atoms with Crippen LogP contribution in [0.5, 0.6) is 0 Å². The molecule has 1 fully saturated rings. The van der Waals surface area contributed by atoms with Crippen LogP contribution in [0.4, 0.5) is 5.69 Å². The molecule has 1 aromatic rings. The number of nitrogens with zero attached hydrogens (tertiary/aromatic N) is 1. The molecule has 1 atom stereocenters. The van der Waals surface area contributed by atoms with Crippen molar-refractivity contribution >= 4 is 11.6 Å². The SMILES string of the molecule is CC(C)c1ccc(NC(=O)CN2CCC[C@@H]2CO)cc1. The fraction of sp³-hybridized carbons (Fsp3) is 0.562. The molecule has 1 aliphatic heterocycles. The molecule has 0 aliphatic carbocycles. The minimum Gasteiger partial charge on any atom is -0.395 e. The summed E-state index contributed by atoms with van der Waals surface area (Å²) in [6, 6.07) is 8.13. The second kappa shape index (κ2) is 6.86. The lowest BCUT2D eigenvalue weighted by Crippen LogP contribution is -2.38. The molecule has 0 bridgehead atoms. The lowest BCUT2D eigenvalue weighted by molar-refractivity contribution is -0.117. The monoisotopic (exact) mass is 276 g/mol. The fourth-order valence-corrected chi connectivity index (χ4v) is 2.65. The number of hydrogen-bond donors (Lipinski definition) is 2. The maximum absolute atomic E-state index is 12.0. The van der Waals surface area contributed by atoms with Crippen molar-refractivity contribution in [3.05, 3.63) is 29.8 Å². The number of rotatable bonds is 5. The third kappa shape index (κ3) is 3.81. The number of aliphatic hydroxyl groups is 1. The summed E-state index contributed by atoms with van der Waals surface area (Å²) >= 11 is 0. The number of carbonyl (C=O) groups excluding carboxylic acids is 1. The van der Waals surface area contributed by atoms with Crippen molar-refractivity contribution in [3.63, 3.8) is 0 Å². The van der Waals surface area contributed by atoms with E-state index in [0.29, 0.717) is 12.5 Å². The zero-order valence-corrected chi connectivity index (χ0v) is 12.3. The molecule has 1 saturated heterocycles. The number of aliphatic hydroxyl groups excluding tert-OH is 1. The Bertz CT molecular complexity index is 442. The first-order valence-electron chi connectivity index (χ1n) is 7.35. The zero-order valence-electron chi connectivity index (χ0n) is 12.3. The lowest BCUT2D eigenvalue weighted by atomic mass is 10.0. The van der Waals surface area contributed by atoms with Crippen LogP contribution < -0.4 is 5.32 Å². The average Bonchev–Trinajstić information content (AvgIpc) is 2.86. The summed E-state index contributed by atoms with van der Waals surface area (Å²) in [4.78, 5) is 14.1. The number of likely N-dealkylation sites (tertiary alicyclic amines) is 1. The van der Waals surface area contributed by atoms with Crippen molar-refractivity contribution in [3.8, 4) is 0 Å². The van der Waals surface area contributed by atoms with Crippen molar-refractivity contribution in [2.24, 2.45) is 0 Å². The van der Waals surface area contributed by atoms with Crippen LogP contribution in [0.2, 0.25) is 0 Å². The summed E-state index contributed by atoms with van der Waals surface area (Å²) < 4.78 is 0. The molecule has 20 heavy (non-hydrogen) atoms. The third-order valence-electron chi connectivity index (χ3n) is 3.92. The predicted octanol–water partition coefficient (Wildman–Crippen LogP) is 2.21. The second-order valence-corrected chi connectivity index (χ2v) is 5.77. The van der Waals surface area contributed by atoms with Gasteiger partial charge in [0, 0.05) is 11.7 Å². The Balaban J connectivity index is 1.88. The Kier molecular flexibility index (Phi) is 5.15. The smallest absolute Gasteiger partial charge is 0.238 e. The second-order valence-electron chi connectivity index (χ2n) is 5.77. The molecule has 0 unspecified atom stereocenters. The average molecular weight is 276 g/mol. The van der Waals surface area contributed by atoms with E-state index < -0.39 is 0 Å². The first-order chi connectivity index (χ1) is 9.60. The van der Waals surface area contributed by atoms with Crippen molar-refractivity contribution in [2.75, 3.05) is 25.0 Å². The number of benzene rings is 1. The molecule has 0 aromatic heterocycles. The van der Waals surface area contributed by atoms with E-state index in [1.807, 2.05) is 24.3 Å². The highest BCUT2D eigenvalue weighted by Gasteiger charge is 2.25. The van der Waals surface area contributed by atoms with Crippen LogP contribution in [0.25, 0.3) is 0 Å². The molecule has 4 nitrogen and oxygen atoms in total. The fourth-order valence-electron chi connectivity index (χ4n) is 2.65. The van der Waals surface area contributed by atoms with E-state index in [9.17, 15) is 9.90 Å². The minimum absolute atomic E-state index is 0.0114. The maximum Gasteiger partial charge on any atom is 0.238 e. The standard InChI is InChI=1S/C16H24N2O2/c1-12(2)13-5-7-14(8-6-13)17-16(20)10-18-9-3-4-15(18)11-19/h5-8,12,15,19H,3-4,9-11H2,1-2H3,(H,17,20)/t15-/m1/s1. The molecule has 1 aliphatic rings. The largest absolute Gasteiger partial charge is 0.395 e. The van der Waals surface area contributed by atoms with Gasteiger partial charge in [0.25, 0.3) is 0 Å². The van der Waals surface area contributed by atoms with Gasteiger partial charge in [-0.3, -0.25) is 9.69 Å². The molecule has 2 rings (SSSR count). The quantitative estimate of drug-likeness (QED) is 0.867. The molecule has 2 N–H and O–H groups in total. The van der Waals surface area contributed by atoms with E-state index in [1.165, 1.54) is 5.56 Å². The molecule has 1 amide bonds. The summed E-state index contributed by atoms with van der Waals surface area (Å²) in [5.74, 6) is 0.484. The van der Waals surface area contributed by atoms with Gasteiger partial charge < -0.3 is 10.4 Å². The summed E-state index contributed by atoms with van der Waals surface area (Å²) in [5.41, 5.74) is 2.10. The van der Waals surface area contributed by atoms with Gasteiger partial charge in [0.05, 0.1) is 13.2 Å². The molecule has 0 spiro atoms. The molecule has 4 heteroatoms. The van der Waals surface area contributed by atoms with Gasteiger partial charge in [0.2, 0.25) is 5.91 Å². The Hall–Kier alpha value is -1.39. The Morgan fingerprint density at radius 3 is 2.70 bits per heavy atom. The molecule has 1 aromatic carbocycles. The number of nitrogens with one attached hydrogen (secondary N) is 1. The summed E-state index contributed by atoms with van der Waals surface area (Å²) in [5, 5.41) is 12.2. The van der Waals surface area contributed by atoms with Crippen molar-refractivity contribution in [2.45, 2.75) is 38.6 Å². The van der Waals surface area contributed by atoms with Gasteiger partial charge in [-0.2, -0.15) is 0 Å². The van der Waals surface area contributed by atoms with Gasteiger partial charge in [-0.1, -0.05) is 26.0 Å². The van der Waals surface area contributed by atoms with Crippen LogP contribution >= 0.6 is 0 Å². The summed E-state index contributed by atoms with van der Waals surface area (Å²) in [6.07, 6.45) is 2.04. The Labute approximate surface area is 120 Å². The Morgan fingerprint density at radius 2 is 2.10 bits per heavy atom. The van der Waals surface area contributed by atoms with Gasteiger partial charge in [0.1, 0.15) is 0 Å². The van der Waals surface area contributed by atoms with Gasteiger partial charge in [-0.15, -0.1) is 0 Å². The minimum atomic E-state index is -0.0114. The summed E-state index contributed by atoms with van der Waals surface area (Å²) in [6.45, 7) is 5.68. The maximum atomic E-state index is 12.0. The van der Waals surface area contributed by atoms with Crippen LogP contribution in [0.3, 0.4) is 0 Å². The molecule has 0 radical (unpaired) electrons. The highest BCUT2D eigenvalue weighted by molar-refractivity contribution is 5.92. The normalized spacial score (nSPS) is 19.5. The first kappa shape index (κ1) is 15.0. The molecule has 0 saturated carbocycles. The van der Waals surface area contributed by atoms with Gasteiger partial charge >= 0.3 is 0 Å². The van der Waals surface area contributed by atoms with E-state index in [-0.39, 0.29) is 18.6 Å². The van der Waals surface area contributed by atoms with E-state index in [1.54, 1.807) is 0 Å². The van der Waals surface area contributed by atoms with Crippen LogP contribution in [0.15, 0.2) is 24.3 Å². The van der Waals surface area contributed by atoms with Gasteiger partial charge in [0.15, 0.2) is 0 Å². The third-order valence-corrected chi connectivity index (χ3v) is 3.92. The number of hydrogen-bond acceptors (Lipinski definition) is 3. The van der Waals surface area contributed by atoms with Gasteiger partial charge in [-0.25, -0.2) is 0 Å². The van der Waals surface area contributed by atoms with Gasteiger partial charge in [-0.05, 0) is 43.0 Å². The molecular formula is C16H24N2O2. The van der Waals surface area contributed by atoms with Crippen LogP contribution in [0, 0.1) is 0 Å². The lowest BCUT2D eigenvalue weighted by Gasteiger charge is -2.21. The van der Waals surface area contributed by atoms with Crippen LogP contribution in [-0.2, 0) is 4.79 Å². The highest BCUT2D eigenvalue weighted by Crippen LogP contribution is 2.18. The van der Waals surface area contributed by atoms with Crippen LogP contribution in [0.1, 0.15) is 38.2 Å². The first-order valence-corrected chi connectivity index (χ1v) is 7.35.